The molecule has 0 aromatic heterocycles. The van der Waals surface area contributed by atoms with Crippen molar-refractivity contribution in [1.82, 2.24) is 4.90 Å². The average Bonchev–Trinajstić information content (AvgIpc) is 2.31. The molecule has 1 N–H and O–H groups in total. The zero-order valence-electron chi connectivity index (χ0n) is 11.1. The number of piperidine rings is 1. The highest BCUT2D eigenvalue weighted by atomic mass is 16.3. The van der Waals surface area contributed by atoms with Gasteiger partial charge in [0.1, 0.15) is 5.75 Å². The molecule has 0 unspecified atom stereocenters. The summed E-state index contributed by atoms with van der Waals surface area (Å²) >= 11 is 0. The number of rotatable bonds is 2. The molecule has 0 atom stereocenters. The predicted molar refractivity (Wildman–Crippen MR) is 71.4 cm³/mol. The van der Waals surface area contributed by atoms with E-state index in [-0.39, 0.29) is 17.1 Å². The van der Waals surface area contributed by atoms with Crippen molar-refractivity contribution in [2.45, 2.75) is 33.1 Å². The molecular formula is C15H21NO2. The van der Waals surface area contributed by atoms with Crippen LogP contribution in [0, 0.1) is 5.41 Å². The molecule has 1 heterocycles. The fourth-order valence-electron chi connectivity index (χ4n) is 2.57. The van der Waals surface area contributed by atoms with Crippen LogP contribution in [0.1, 0.15) is 32.3 Å². The molecule has 98 valence electrons. The standard InChI is InChI=1S/C15H21NO2/c1-15(2)8-5-9-16(11-15)14(18)10-12-6-3-4-7-13(12)17/h3-4,6-7,17H,5,8-11H2,1-2H3. The third kappa shape index (κ3) is 3.03. The van der Waals surface area contributed by atoms with Crippen LogP contribution in [0.15, 0.2) is 24.3 Å². The first kappa shape index (κ1) is 12.9. The number of benzene rings is 1. The lowest BCUT2D eigenvalue weighted by atomic mass is 9.84. The molecule has 0 spiro atoms. The molecule has 2 rings (SSSR count). The average molecular weight is 247 g/mol. The van der Waals surface area contributed by atoms with Crippen molar-refractivity contribution in [2.75, 3.05) is 13.1 Å². The topological polar surface area (TPSA) is 40.5 Å². The van der Waals surface area contributed by atoms with E-state index in [0.29, 0.717) is 12.0 Å². The molecular weight excluding hydrogens is 226 g/mol. The Morgan fingerprint density at radius 1 is 1.39 bits per heavy atom. The summed E-state index contributed by atoms with van der Waals surface area (Å²) in [4.78, 5) is 14.1. The molecule has 1 aliphatic heterocycles. The van der Waals surface area contributed by atoms with Gasteiger partial charge >= 0.3 is 0 Å². The van der Waals surface area contributed by atoms with Crippen LogP contribution in [-0.4, -0.2) is 29.0 Å². The van der Waals surface area contributed by atoms with E-state index in [4.69, 9.17) is 0 Å². The van der Waals surface area contributed by atoms with Crippen molar-refractivity contribution in [3.8, 4) is 5.75 Å². The highest BCUT2D eigenvalue weighted by molar-refractivity contribution is 5.79. The van der Waals surface area contributed by atoms with Gasteiger partial charge in [-0.2, -0.15) is 0 Å². The Bertz CT molecular complexity index is 440. The third-order valence-electron chi connectivity index (χ3n) is 3.59. The van der Waals surface area contributed by atoms with Crippen molar-refractivity contribution in [3.05, 3.63) is 29.8 Å². The molecule has 0 aliphatic carbocycles. The van der Waals surface area contributed by atoms with Crippen molar-refractivity contribution in [1.29, 1.82) is 0 Å². The molecule has 1 aromatic carbocycles. The lowest BCUT2D eigenvalue weighted by Gasteiger charge is -2.38. The molecule has 3 heteroatoms. The summed E-state index contributed by atoms with van der Waals surface area (Å²) in [6.07, 6.45) is 2.54. The number of para-hydroxylation sites is 1. The first-order chi connectivity index (χ1) is 8.48. The van der Waals surface area contributed by atoms with Gasteiger partial charge in [-0.3, -0.25) is 4.79 Å². The van der Waals surface area contributed by atoms with Crippen LogP contribution in [0.25, 0.3) is 0 Å². The zero-order valence-corrected chi connectivity index (χ0v) is 11.1. The van der Waals surface area contributed by atoms with Gasteiger partial charge in [-0.05, 0) is 24.3 Å². The van der Waals surface area contributed by atoms with E-state index >= 15 is 0 Å². The summed E-state index contributed by atoms with van der Waals surface area (Å²) in [5.74, 6) is 0.325. The fraction of sp³-hybridized carbons (Fsp3) is 0.533. The number of nitrogens with zero attached hydrogens (tertiary/aromatic N) is 1. The molecule has 0 saturated carbocycles. The first-order valence-corrected chi connectivity index (χ1v) is 6.53. The summed E-state index contributed by atoms with van der Waals surface area (Å²) in [6, 6.07) is 7.06. The smallest absolute Gasteiger partial charge is 0.227 e. The Hall–Kier alpha value is -1.51. The van der Waals surface area contributed by atoms with Crippen molar-refractivity contribution >= 4 is 5.91 Å². The monoisotopic (exact) mass is 247 g/mol. The van der Waals surface area contributed by atoms with E-state index in [0.717, 1.165) is 19.5 Å². The van der Waals surface area contributed by atoms with Gasteiger partial charge in [-0.1, -0.05) is 32.0 Å². The van der Waals surface area contributed by atoms with E-state index < -0.39 is 0 Å². The van der Waals surface area contributed by atoms with Crippen LogP contribution in [0.2, 0.25) is 0 Å². The van der Waals surface area contributed by atoms with Crippen molar-refractivity contribution in [3.63, 3.8) is 0 Å². The lowest BCUT2D eigenvalue weighted by molar-refractivity contribution is -0.133. The Morgan fingerprint density at radius 3 is 2.78 bits per heavy atom. The van der Waals surface area contributed by atoms with Gasteiger partial charge in [-0.15, -0.1) is 0 Å². The second-order valence-electron chi connectivity index (χ2n) is 5.89. The third-order valence-corrected chi connectivity index (χ3v) is 3.59. The minimum atomic E-state index is 0.115. The Kier molecular flexibility index (Phi) is 3.60. The summed E-state index contributed by atoms with van der Waals surface area (Å²) in [5.41, 5.74) is 0.929. The van der Waals surface area contributed by atoms with Gasteiger partial charge in [0.15, 0.2) is 0 Å². The molecule has 18 heavy (non-hydrogen) atoms. The second kappa shape index (κ2) is 5.01. The van der Waals surface area contributed by atoms with Crippen LogP contribution in [0.5, 0.6) is 5.75 Å². The number of likely N-dealkylation sites (tertiary alicyclic amines) is 1. The van der Waals surface area contributed by atoms with Crippen LogP contribution in [-0.2, 0) is 11.2 Å². The maximum absolute atomic E-state index is 12.2. The Labute approximate surface area is 108 Å². The Morgan fingerprint density at radius 2 is 2.11 bits per heavy atom. The van der Waals surface area contributed by atoms with Crippen LogP contribution < -0.4 is 0 Å². The number of hydrogen-bond acceptors (Lipinski definition) is 2. The minimum absolute atomic E-state index is 0.115. The molecule has 1 aromatic rings. The number of aromatic hydroxyl groups is 1. The van der Waals surface area contributed by atoms with Gasteiger partial charge in [-0.25, -0.2) is 0 Å². The molecule has 0 radical (unpaired) electrons. The number of phenols is 1. The van der Waals surface area contributed by atoms with Crippen LogP contribution in [0.4, 0.5) is 0 Å². The highest BCUT2D eigenvalue weighted by Crippen LogP contribution is 2.29. The van der Waals surface area contributed by atoms with E-state index in [1.54, 1.807) is 12.1 Å². The summed E-state index contributed by atoms with van der Waals surface area (Å²) < 4.78 is 0. The van der Waals surface area contributed by atoms with Crippen molar-refractivity contribution in [2.24, 2.45) is 5.41 Å². The van der Waals surface area contributed by atoms with E-state index in [9.17, 15) is 9.90 Å². The largest absolute Gasteiger partial charge is 0.508 e. The van der Waals surface area contributed by atoms with Crippen LogP contribution in [0.3, 0.4) is 0 Å². The summed E-state index contributed by atoms with van der Waals surface area (Å²) in [5, 5.41) is 9.69. The number of phenolic OH excluding ortho intramolecular Hbond substituents is 1. The van der Waals surface area contributed by atoms with E-state index in [2.05, 4.69) is 13.8 Å². The van der Waals surface area contributed by atoms with Gasteiger partial charge in [0.25, 0.3) is 0 Å². The molecule has 3 nitrogen and oxygen atoms in total. The maximum atomic E-state index is 12.2. The van der Waals surface area contributed by atoms with Gasteiger partial charge in [0, 0.05) is 18.7 Å². The number of carbonyl (C=O) groups excluding carboxylic acids is 1. The number of carbonyl (C=O) groups is 1. The van der Waals surface area contributed by atoms with Gasteiger partial charge in [0.2, 0.25) is 5.91 Å². The highest BCUT2D eigenvalue weighted by Gasteiger charge is 2.29. The predicted octanol–water partition coefficient (Wildman–Crippen LogP) is 2.58. The molecule has 1 aliphatic rings. The van der Waals surface area contributed by atoms with E-state index in [1.807, 2.05) is 17.0 Å². The fourth-order valence-corrected chi connectivity index (χ4v) is 2.57. The normalized spacial score (nSPS) is 18.7. The summed E-state index contributed by atoms with van der Waals surface area (Å²) in [6.45, 7) is 6.06. The number of amides is 1. The second-order valence-corrected chi connectivity index (χ2v) is 5.89. The zero-order chi connectivity index (χ0) is 13.2. The molecule has 1 fully saturated rings. The first-order valence-electron chi connectivity index (χ1n) is 6.53. The molecule has 1 amide bonds. The van der Waals surface area contributed by atoms with Crippen LogP contribution >= 0.6 is 0 Å². The Balaban J connectivity index is 2.02. The maximum Gasteiger partial charge on any atom is 0.227 e. The molecule has 0 bridgehead atoms. The van der Waals surface area contributed by atoms with Crippen molar-refractivity contribution < 1.29 is 9.90 Å². The van der Waals surface area contributed by atoms with Gasteiger partial charge in [0.05, 0.1) is 6.42 Å². The summed E-state index contributed by atoms with van der Waals surface area (Å²) in [7, 11) is 0. The van der Waals surface area contributed by atoms with E-state index in [1.165, 1.54) is 6.42 Å². The number of hydrogen-bond donors (Lipinski definition) is 1. The van der Waals surface area contributed by atoms with Gasteiger partial charge < -0.3 is 10.0 Å². The minimum Gasteiger partial charge on any atom is -0.508 e. The quantitative estimate of drug-likeness (QED) is 0.872. The lowest BCUT2D eigenvalue weighted by Crippen LogP contribution is -2.44. The SMILES string of the molecule is CC1(C)CCCN(C(=O)Cc2ccccc2O)C1. The molecule has 1 saturated heterocycles.